The highest BCUT2D eigenvalue weighted by atomic mass is 79.9. The number of hydrogen-bond acceptors (Lipinski definition) is 4. The van der Waals surface area contributed by atoms with Crippen molar-refractivity contribution in [1.29, 1.82) is 0 Å². The molecule has 2 fully saturated rings. The van der Waals surface area contributed by atoms with E-state index in [-0.39, 0.29) is 24.4 Å². The van der Waals surface area contributed by atoms with Crippen molar-refractivity contribution in [2.75, 3.05) is 27.8 Å². The Bertz CT molecular complexity index is 794. The summed E-state index contributed by atoms with van der Waals surface area (Å²) < 4.78 is 22.9. The molecule has 0 saturated heterocycles. The lowest BCUT2D eigenvalue weighted by molar-refractivity contribution is -0.0463. The van der Waals surface area contributed by atoms with Gasteiger partial charge in [-0.1, -0.05) is 48.9 Å². The third kappa shape index (κ3) is 5.02. The van der Waals surface area contributed by atoms with E-state index in [9.17, 15) is 0 Å². The lowest BCUT2D eigenvalue weighted by Crippen LogP contribution is -2.53. The van der Waals surface area contributed by atoms with Gasteiger partial charge in [0.2, 0.25) is 0 Å². The van der Waals surface area contributed by atoms with Gasteiger partial charge in [-0.15, -0.1) is 0 Å². The van der Waals surface area contributed by atoms with Gasteiger partial charge in [0, 0.05) is 19.0 Å². The SMILES string of the molecule is C=C1CC[C@H]2C(C)(C)[C@@H](Br)CC[C@]2(C)[C@@H]1Cc1cc(OCOC)c(Br)cc1OCOC. The molecule has 0 spiro atoms. The summed E-state index contributed by atoms with van der Waals surface area (Å²) >= 11 is 7.59. The Morgan fingerprint density at radius 1 is 1.03 bits per heavy atom. The van der Waals surface area contributed by atoms with E-state index < -0.39 is 0 Å². The van der Waals surface area contributed by atoms with Crippen LogP contribution in [0.25, 0.3) is 0 Å². The first-order chi connectivity index (χ1) is 14.6. The van der Waals surface area contributed by atoms with Crippen molar-refractivity contribution in [3.8, 4) is 11.5 Å². The molecule has 1 aromatic rings. The molecular weight excluding hydrogens is 524 g/mol. The first-order valence-corrected chi connectivity index (χ1v) is 12.7. The van der Waals surface area contributed by atoms with Crippen LogP contribution in [0.3, 0.4) is 0 Å². The molecule has 0 aliphatic heterocycles. The maximum absolute atomic E-state index is 5.95. The van der Waals surface area contributed by atoms with Crippen LogP contribution in [0.1, 0.15) is 52.0 Å². The van der Waals surface area contributed by atoms with E-state index in [1.54, 1.807) is 14.2 Å². The van der Waals surface area contributed by atoms with Crippen molar-refractivity contribution in [3.05, 3.63) is 34.3 Å². The zero-order valence-corrected chi connectivity index (χ0v) is 22.6. The van der Waals surface area contributed by atoms with Crippen LogP contribution in [0.2, 0.25) is 0 Å². The number of hydrogen-bond donors (Lipinski definition) is 0. The fourth-order valence-corrected chi connectivity index (χ4v) is 6.95. The molecule has 0 bridgehead atoms. The molecule has 0 unspecified atom stereocenters. The Labute approximate surface area is 204 Å². The van der Waals surface area contributed by atoms with Crippen LogP contribution < -0.4 is 9.47 Å². The van der Waals surface area contributed by atoms with Crippen molar-refractivity contribution in [3.63, 3.8) is 0 Å². The van der Waals surface area contributed by atoms with Crippen molar-refractivity contribution >= 4 is 31.9 Å². The first kappa shape index (κ1) is 25.1. The molecule has 2 aliphatic carbocycles. The summed E-state index contributed by atoms with van der Waals surface area (Å²) in [7, 11) is 3.26. The zero-order valence-electron chi connectivity index (χ0n) is 19.4. The molecule has 2 aliphatic rings. The number of rotatable bonds is 8. The molecule has 1 aromatic carbocycles. The van der Waals surface area contributed by atoms with Gasteiger partial charge in [-0.3, -0.25) is 0 Å². The normalized spacial score (nSPS) is 30.0. The van der Waals surface area contributed by atoms with Gasteiger partial charge < -0.3 is 18.9 Å². The number of fused-ring (bicyclic) bond motifs is 1. The molecule has 0 radical (unpaired) electrons. The van der Waals surface area contributed by atoms with E-state index in [1.807, 2.05) is 6.07 Å². The number of alkyl halides is 1. The Hall–Kier alpha value is -0.560. The van der Waals surface area contributed by atoms with Gasteiger partial charge >= 0.3 is 0 Å². The Balaban J connectivity index is 1.97. The van der Waals surface area contributed by atoms with Crippen LogP contribution in [0.5, 0.6) is 11.5 Å². The minimum Gasteiger partial charge on any atom is -0.467 e. The zero-order chi connectivity index (χ0) is 22.8. The number of methoxy groups -OCH3 is 2. The van der Waals surface area contributed by atoms with E-state index >= 15 is 0 Å². The van der Waals surface area contributed by atoms with Crippen LogP contribution >= 0.6 is 31.9 Å². The van der Waals surface area contributed by atoms with E-state index in [0.29, 0.717) is 16.7 Å². The molecule has 0 heterocycles. The first-order valence-electron chi connectivity index (χ1n) is 11.0. The summed E-state index contributed by atoms with van der Waals surface area (Å²) in [5.74, 6) is 2.63. The highest BCUT2D eigenvalue weighted by Gasteiger charge is 2.55. The van der Waals surface area contributed by atoms with Gasteiger partial charge in [0.05, 0.1) is 4.47 Å². The summed E-state index contributed by atoms with van der Waals surface area (Å²) in [6.45, 7) is 12.3. The van der Waals surface area contributed by atoms with Crippen LogP contribution in [0.15, 0.2) is 28.8 Å². The molecule has 31 heavy (non-hydrogen) atoms. The molecule has 0 aromatic heterocycles. The maximum Gasteiger partial charge on any atom is 0.188 e. The molecule has 4 atom stereocenters. The number of halogens is 2. The predicted molar refractivity (Wildman–Crippen MR) is 132 cm³/mol. The van der Waals surface area contributed by atoms with Crippen LogP contribution in [-0.4, -0.2) is 32.6 Å². The molecule has 174 valence electrons. The van der Waals surface area contributed by atoms with E-state index in [0.717, 1.165) is 34.4 Å². The molecule has 3 rings (SSSR count). The van der Waals surface area contributed by atoms with Gasteiger partial charge in [0.25, 0.3) is 0 Å². The lowest BCUT2D eigenvalue weighted by atomic mass is 9.47. The summed E-state index contributed by atoms with van der Waals surface area (Å²) in [4.78, 5) is 0.562. The average Bonchev–Trinajstić information content (AvgIpc) is 2.72. The lowest BCUT2D eigenvalue weighted by Gasteiger charge is -2.59. The molecule has 0 N–H and O–H groups in total. The topological polar surface area (TPSA) is 36.9 Å². The molecule has 6 heteroatoms. The van der Waals surface area contributed by atoms with Crippen molar-refractivity contribution in [2.24, 2.45) is 22.7 Å². The van der Waals surface area contributed by atoms with Crippen LogP contribution in [0.4, 0.5) is 0 Å². The highest BCUT2D eigenvalue weighted by Crippen LogP contribution is 2.63. The van der Waals surface area contributed by atoms with Gasteiger partial charge in [0.1, 0.15) is 11.5 Å². The Morgan fingerprint density at radius 3 is 2.32 bits per heavy atom. The largest absolute Gasteiger partial charge is 0.467 e. The smallest absolute Gasteiger partial charge is 0.188 e. The van der Waals surface area contributed by atoms with Crippen molar-refractivity contribution < 1.29 is 18.9 Å². The third-order valence-corrected chi connectivity index (χ3v) is 9.94. The van der Waals surface area contributed by atoms with Gasteiger partial charge in [0.15, 0.2) is 13.6 Å². The second-order valence-corrected chi connectivity index (χ2v) is 11.8. The van der Waals surface area contributed by atoms with Crippen molar-refractivity contribution in [1.82, 2.24) is 0 Å². The van der Waals surface area contributed by atoms with Gasteiger partial charge in [-0.05, 0) is 88.4 Å². The van der Waals surface area contributed by atoms with E-state index in [4.69, 9.17) is 18.9 Å². The number of allylic oxidation sites excluding steroid dienone is 1. The number of ether oxygens (including phenoxy) is 4. The van der Waals surface area contributed by atoms with E-state index in [1.165, 1.54) is 24.8 Å². The van der Waals surface area contributed by atoms with Gasteiger partial charge in [-0.25, -0.2) is 0 Å². The predicted octanol–water partition coefficient (Wildman–Crippen LogP) is 7.13. The second-order valence-electron chi connectivity index (χ2n) is 9.83. The average molecular weight is 560 g/mol. The van der Waals surface area contributed by atoms with E-state index in [2.05, 4.69) is 65.3 Å². The maximum atomic E-state index is 5.95. The minimum absolute atomic E-state index is 0.201. The standard InChI is InChI=1S/C25H36Br2O4/c1-16-7-8-22-24(2,3)23(27)9-10-25(22,4)18(16)11-17-12-21(31-15-29-6)19(26)13-20(17)30-14-28-5/h12-13,18,22-23H,1,7-11,14-15H2,2-6H3/t18-,22+,23+,25-/m1/s1. The molecule has 2 saturated carbocycles. The van der Waals surface area contributed by atoms with Crippen LogP contribution in [0, 0.1) is 22.7 Å². The summed E-state index contributed by atoms with van der Waals surface area (Å²) in [5, 5.41) is 0. The minimum atomic E-state index is 0.201. The fourth-order valence-electron chi connectivity index (χ4n) is 5.97. The highest BCUT2D eigenvalue weighted by molar-refractivity contribution is 9.10. The Kier molecular flexibility index (Phi) is 8.21. The second kappa shape index (κ2) is 10.1. The van der Waals surface area contributed by atoms with Gasteiger partial charge in [-0.2, -0.15) is 0 Å². The molecular formula is C25H36Br2O4. The molecule has 4 nitrogen and oxygen atoms in total. The number of benzene rings is 1. The monoisotopic (exact) mass is 558 g/mol. The fraction of sp³-hybridized carbons (Fsp3) is 0.680. The quantitative estimate of drug-likeness (QED) is 0.193. The summed E-state index contributed by atoms with van der Waals surface area (Å²) in [6, 6.07) is 4.06. The van der Waals surface area contributed by atoms with Crippen LogP contribution in [-0.2, 0) is 15.9 Å². The summed E-state index contributed by atoms with van der Waals surface area (Å²) in [6.07, 6.45) is 5.59. The molecule has 0 amide bonds. The summed E-state index contributed by atoms with van der Waals surface area (Å²) in [5.41, 5.74) is 2.96. The Morgan fingerprint density at radius 2 is 1.68 bits per heavy atom. The van der Waals surface area contributed by atoms with Crippen molar-refractivity contribution in [2.45, 2.75) is 57.7 Å². The third-order valence-electron chi connectivity index (χ3n) is 7.68.